The summed E-state index contributed by atoms with van der Waals surface area (Å²) >= 11 is 0. The number of carbonyl (C=O) groups is 1. The van der Waals surface area contributed by atoms with Crippen molar-refractivity contribution in [2.24, 2.45) is 0 Å². The van der Waals surface area contributed by atoms with Gasteiger partial charge in [0.2, 0.25) is 0 Å². The van der Waals surface area contributed by atoms with E-state index >= 15 is 0 Å². The highest BCUT2D eigenvalue weighted by Crippen LogP contribution is 2.33. The molecule has 1 amide bonds. The first-order valence-electron chi connectivity index (χ1n) is 8.91. The van der Waals surface area contributed by atoms with Gasteiger partial charge in [0.1, 0.15) is 0 Å². The molecule has 1 aromatic heterocycles. The van der Waals surface area contributed by atoms with E-state index in [9.17, 15) is 18.0 Å². The number of para-hydroxylation sites is 1. The minimum atomic E-state index is -4.55. The van der Waals surface area contributed by atoms with Crippen LogP contribution in [0.4, 0.5) is 13.2 Å². The number of nitrogens with one attached hydrogen (secondary N) is 1. The van der Waals surface area contributed by atoms with Crippen molar-refractivity contribution in [1.82, 2.24) is 20.3 Å². The Kier molecular flexibility index (Phi) is 6.28. The van der Waals surface area contributed by atoms with Crippen LogP contribution in [0.5, 0.6) is 0 Å². The number of halogens is 3. The van der Waals surface area contributed by atoms with Crippen molar-refractivity contribution >= 4 is 5.91 Å². The molecule has 1 heterocycles. The summed E-state index contributed by atoms with van der Waals surface area (Å²) in [5.41, 5.74) is 0.682. The summed E-state index contributed by atoms with van der Waals surface area (Å²) < 4.78 is 45.9. The van der Waals surface area contributed by atoms with Gasteiger partial charge in [0, 0.05) is 13.2 Å². The maximum atomic E-state index is 13.2. The van der Waals surface area contributed by atoms with Gasteiger partial charge in [-0.2, -0.15) is 13.2 Å². The van der Waals surface area contributed by atoms with E-state index in [0.29, 0.717) is 13.2 Å². The molecule has 0 radical (unpaired) electrons. The molecule has 0 unspecified atom stereocenters. The number of ether oxygens (including phenoxy) is 1. The molecule has 0 aliphatic heterocycles. The Hall–Kier alpha value is -3.20. The van der Waals surface area contributed by atoms with Crippen LogP contribution in [0.25, 0.3) is 5.69 Å². The first-order chi connectivity index (χ1) is 13.9. The second kappa shape index (κ2) is 8.87. The molecule has 9 heteroatoms. The zero-order valence-electron chi connectivity index (χ0n) is 15.6. The molecule has 152 valence electrons. The van der Waals surface area contributed by atoms with Crippen LogP contribution in [0, 0.1) is 0 Å². The van der Waals surface area contributed by atoms with E-state index < -0.39 is 17.6 Å². The van der Waals surface area contributed by atoms with Crippen molar-refractivity contribution in [3.63, 3.8) is 0 Å². The predicted molar refractivity (Wildman–Crippen MR) is 99.3 cm³/mol. The van der Waals surface area contributed by atoms with Gasteiger partial charge >= 0.3 is 6.18 Å². The predicted octanol–water partition coefficient (Wildman–Crippen LogP) is 3.75. The smallest absolute Gasteiger partial charge is 0.377 e. The van der Waals surface area contributed by atoms with Gasteiger partial charge in [0.05, 0.1) is 24.1 Å². The molecule has 0 aliphatic rings. The fourth-order valence-corrected chi connectivity index (χ4v) is 2.75. The molecule has 3 rings (SSSR count). The van der Waals surface area contributed by atoms with Crippen molar-refractivity contribution in [2.45, 2.75) is 26.3 Å². The highest BCUT2D eigenvalue weighted by atomic mass is 19.4. The number of amides is 1. The zero-order chi connectivity index (χ0) is 20.9. The molecule has 0 saturated heterocycles. The Labute approximate surface area is 165 Å². The van der Waals surface area contributed by atoms with Crippen LogP contribution in [-0.4, -0.2) is 27.5 Å². The van der Waals surface area contributed by atoms with Gasteiger partial charge in [-0.05, 0) is 30.2 Å². The number of hydrogen-bond acceptors (Lipinski definition) is 4. The molecule has 0 fully saturated rings. The van der Waals surface area contributed by atoms with E-state index in [1.807, 2.05) is 31.2 Å². The summed E-state index contributed by atoms with van der Waals surface area (Å²) in [7, 11) is 0. The topological polar surface area (TPSA) is 69.0 Å². The Morgan fingerprint density at radius 1 is 1.10 bits per heavy atom. The van der Waals surface area contributed by atoms with Gasteiger partial charge in [-0.15, -0.1) is 5.10 Å². The molecule has 29 heavy (non-hydrogen) atoms. The number of nitrogens with zero attached hydrogens (tertiary/aromatic N) is 3. The third-order valence-corrected chi connectivity index (χ3v) is 4.20. The van der Waals surface area contributed by atoms with Gasteiger partial charge in [0.15, 0.2) is 5.69 Å². The van der Waals surface area contributed by atoms with Crippen LogP contribution in [0.1, 0.15) is 34.1 Å². The van der Waals surface area contributed by atoms with Gasteiger partial charge in [0.25, 0.3) is 5.91 Å². The van der Waals surface area contributed by atoms with E-state index in [1.54, 1.807) is 0 Å². The van der Waals surface area contributed by atoms with Crippen LogP contribution in [0.3, 0.4) is 0 Å². The largest absolute Gasteiger partial charge is 0.418 e. The third kappa shape index (κ3) is 5.00. The SMILES string of the molecule is CCOCc1ccccc1CNC(=O)c1cn(-c2ccccc2C(F)(F)F)nn1. The van der Waals surface area contributed by atoms with Crippen molar-refractivity contribution in [1.29, 1.82) is 0 Å². The summed E-state index contributed by atoms with van der Waals surface area (Å²) in [4.78, 5) is 12.4. The van der Waals surface area contributed by atoms with Gasteiger partial charge in [-0.25, -0.2) is 4.68 Å². The molecule has 6 nitrogen and oxygen atoms in total. The average Bonchev–Trinajstić information content (AvgIpc) is 3.20. The Morgan fingerprint density at radius 3 is 2.52 bits per heavy atom. The Balaban J connectivity index is 1.73. The standard InChI is InChI=1S/C20H19F3N4O2/c1-2-29-13-15-8-4-3-7-14(15)11-24-19(28)17-12-27(26-25-17)18-10-6-5-9-16(18)20(21,22)23/h3-10,12H,2,11,13H2,1H3,(H,24,28). The number of rotatable bonds is 7. The zero-order valence-corrected chi connectivity index (χ0v) is 15.6. The van der Waals surface area contributed by atoms with Crippen molar-refractivity contribution < 1.29 is 22.7 Å². The molecule has 1 N–H and O–H groups in total. The second-order valence-electron chi connectivity index (χ2n) is 6.15. The monoisotopic (exact) mass is 404 g/mol. The van der Waals surface area contributed by atoms with E-state index in [0.717, 1.165) is 21.9 Å². The van der Waals surface area contributed by atoms with Gasteiger partial charge in [-0.3, -0.25) is 4.79 Å². The number of hydrogen-bond donors (Lipinski definition) is 1. The lowest BCUT2D eigenvalue weighted by molar-refractivity contribution is -0.137. The molecule has 0 saturated carbocycles. The van der Waals surface area contributed by atoms with Crippen molar-refractivity contribution in [3.05, 3.63) is 77.1 Å². The van der Waals surface area contributed by atoms with Crippen LogP contribution in [-0.2, 0) is 24.1 Å². The lowest BCUT2D eigenvalue weighted by Gasteiger charge is -2.11. The van der Waals surface area contributed by atoms with E-state index in [-0.39, 0.29) is 17.9 Å². The highest BCUT2D eigenvalue weighted by Gasteiger charge is 2.34. The van der Waals surface area contributed by atoms with E-state index in [2.05, 4.69) is 15.6 Å². The van der Waals surface area contributed by atoms with E-state index in [4.69, 9.17) is 4.74 Å². The Morgan fingerprint density at radius 2 is 1.79 bits per heavy atom. The van der Waals surface area contributed by atoms with Crippen LogP contribution < -0.4 is 5.32 Å². The van der Waals surface area contributed by atoms with Crippen LogP contribution in [0.15, 0.2) is 54.7 Å². The average molecular weight is 404 g/mol. The minimum Gasteiger partial charge on any atom is -0.377 e. The van der Waals surface area contributed by atoms with Crippen molar-refractivity contribution in [3.8, 4) is 5.69 Å². The first kappa shape index (κ1) is 20.5. The second-order valence-corrected chi connectivity index (χ2v) is 6.15. The molecule has 2 aromatic carbocycles. The number of carbonyl (C=O) groups excluding carboxylic acids is 1. The van der Waals surface area contributed by atoms with Gasteiger partial charge in [-0.1, -0.05) is 41.6 Å². The number of aromatic nitrogens is 3. The number of benzene rings is 2. The van der Waals surface area contributed by atoms with Crippen LogP contribution >= 0.6 is 0 Å². The molecular formula is C20H19F3N4O2. The molecule has 3 aromatic rings. The summed E-state index contributed by atoms with van der Waals surface area (Å²) in [6.45, 7) is 3.12. The maximum Gasteiger partial charge on any atom is 0.418 e. The van der Waals surface area contributed by atoms with E-state index in [1.165, 1.54) is 24.4 Å². The summed E-state index contributed by atoms with van der Waals surface area (Å²) in [5, 5.41) is 10.1. The Bertz CT molecular complexity index is 986. The summed E-state index contributed by atoms with van der Waals surface area (Å²) in [6.07, 6.45) is -3.37. The third-order valence-electron chi connectivity index (χ3n) is 4.20. The number of alkyl halides is 3. The fourth-order valence-electron chi connectivity index (χ4n) is 2.75. The lowest BCUT2D eigenvalue weighted by atomic mass is 10.1. The molecule has 0 atom stereocenters. The maximum absolute atomic E-state index is 13.2. The highest BCUT2D eigenvalue weighted by molar-refractivity contribution is 5.91. The minimum absolute atomic E-state index is 0.0794. The summed E-state index contributed by atoms with van der Waals surface area (Å²) in [6, 6.07) is 12.5. The van der Waals surface area contributed by atoms with Gasteiger partial charge < -0.3 is 10.1 Å². The summed E-state index contributed by atoms with van der Waals surface area (Å²) in [5.74, 6) is -0.535. The normalized spacial score (nSPS) is 11.4. The lowest BCUT2D eigenvalue weighted by Crippen LogP contribution is -2.24. The molecule has 0 bridgehead atoms. The molecular weight excluding hydrogens is 385 g/mol. The molecule has 0 spiro atoms. The fraction of sp³-hybridized carbons (Fsp3) is 0.250. The first-order valence-corrected chi connectivity index (χ1v) is 8.91. The van der Waals surface area contributed by atoms with Crippen molar-refractivity contribution in [2.75, 3.05) is 6.61 Å². The molecule has 0 aliphatic carbocycles. The van der Waals surface area contributed by atoms with Crippen LogP contribution in [0.2, 0.25) is 0 Å². The quantitative estimate of drug-likeness (QED) is 0.651.